The highest BCUT2D eigenvalue weighted by atomic mass is 16.5. The first-order chi connectivity index (χ1) is 9.43. The molecule has 0 saturated carbocycles. The van der Waals surface area contributed by atoms with Gasteiger partial charge in [0.25, 0.3) is 0 Å². The number of benzene rings is 2. The highest BCUT2D eigenvalue weighted by molar-refractivity contribution is 5.78. The number of anilines is 2. The predicted octanol–water partition coefficient (Wildman–Crippen LogP) is 4.65. The molecule has 0 radical (unpaired) electrons. The maximum absolute atomic E-state index is 6.00. The normalized spacial score (nSPS) is 19.8. The summed E-state index contributed by atoms with van der Waals surface area (Å²) in [7, 11) is 0. The standard InChI is InChI=1S/C17H15NO/c1-2-8-13(7-1)18-14-9-3-5-11-16(14)19-17-12-6-4-10-15(17)18/h1,3-7,9-13H,2,8H2. The van der Waals surface area contributed by atoms with Crippen LogP contribution in [-0.2, 0) is 0 Å². The van der Waals surface area contributed by atoms with Crippen molar-refractivity contribution in [3.05, 3.63) is 60.7 Å². The molecule has 1 heterocycles. The van der Waals surface area contributed by atoms with Crippen LogP contribution in [-0.4, -0.2) is 6.04 Å². The second-order valence-corrected chi connectivity index (χ2v) is 4.98. The van der Waals surface area contributed by atoms with E-state index in [2.05, 4.69) is 41.3 Å². The summed E-state index contributed by atoms with van der Waals surface area (Å²) in [6.07, 6.45) is 6.90. The molecule has 4 rings (SSSR count). The van der Waals surface area contributed by atoms with Gasteiger partial charge in [0.15, 0.2) is 11.5 Å². The summed E-state index contributed by atoms with van der Waals surface area (Å²) in [6.45, 7) is 0. The summed E-state index contributed by atoms with van der Waals surface area (Å²) in [4.78, 5) is 2.40. The first kappa shape index (κ1) is 10.7. The zero-order valence-corrected chi connectivity index (χ0v) is 10.6. The highest BCUT2D eigenvalue weighted by Gasteiger charge is 2.29. The zero-order chi connectivity index (χ0) is 12.7. The van der Waals surface area contributed by atoms with Gasteiger partial charge in [-0.25, -0.2) is 0 Å². The van der Waals surface area contributed by atoms with Crippen LogP contribution in [0.2, 0.25) is 0 Å². The summed E-state index contributed by atoms with van der Waals surface area (Å²) in [5.41, 5.74) is 2.33. The fraction of sp³-hybridized carbons (Fsp3) is 0.176. The molecule has 2 aromatic rings. The Morgan fingerprint density at radius 2 is 1.53 bits per heavy atom. The molecule has 1 aliphatic heterocycles. The van der Waals surface area contributed by atoms with Crippen molar-refractivity contribution in [1.82, 2.24) is 0 Å². The Morgan fingerprint density at radius 1 is 0.895 bits per heavy atom. The lowest BCUT2D eigenvalue weighted by Gasteiger charge is -2.36. The van der Waals surface area contributed by atoms with Crippen LogP contribution in [0, 0.1) is 0 Å². The Balaban J connectivity index is 1.90. The first-order valence-corrected chi connectivity index (χ1v) is 6.75. The summed E-state index contributed by atoms with van der Waals surface area (Å²) in [5, 5.41) is 0. The quantitative estimate of drug-likeness (QED) is 0.682. The number of para-hydroxylation sites is 4. The molecular formula is C17H15NO. The summed E-state index contributed by atoms with van der Waals surface area (Å²) < 4.78 is 6.00. The van der Waals surface area contributed by atoms with Crippen molar-refractivity contribution >= 4 is 11.4 Å². The molecule has 2 heteroatoms. The second kappa shape index (κ2) is 4.16. The van der Waals surface area contributed by atoms with Gasteiger partial charge in [-0.15, -0.1) is 0 Å². The molecule has 0 aromatic heterocycles. The maximum atomic E-state index is 6.00. The third-order valence-electron chi connectivity index (χ3n) is 3.79. The Kier molecular flexibility index (Phi) is 2.34. The van der Waals surface area contributed by atoms with Gasteiger partial charge in [0, 0.05) is 0 Å². The monoisotopic (exact) mass is 249 g/mol. The zero-order valence-electron chi connectivity index (χ0n) is 10.6. The molecule has 0 amide bonds. The van der Waals surface area contributed by atoms with Crippen LogP contribution in [0.1, 0.15) is 12.8 Å². The Bertz CT molecular complexity index is 602. The number of hydrogen-bond donors (Lipinski definition) is 0. The van der Waals surface area contributed by atoms with E-state index in [1.54, 1.807) is 0 Å². The van der Waals surface area contributed by atoms with Crippen LogP contribution in [0.15, 0.2) is 60.7 Å². The SMILES string of the molecule is C1=CC(N2c3ccccc3Oc3ccccc32)CC1. The van der Waals surface area contributed by atoms with Crippen molar-refractivity contribution in [3.8, 4) is 11.5 Å². The molecule has 0 bridgehead atoms. The van der Waals surface area contributed by atoms with Crippen molar-refractivity contribution in [1.29, 1.82) is 0 Å². The van der Waals surface area contributed by atoms with Crippen LogP contribution < -0.4 is 9.64 Å². The Morgan fingerprint density at radius 3 is 2.11 bits per heavy atom. The molecule has 2 aliphatic rings. The van der Waals surface area contributed by atoms with Crippen molar-refractivity contribution in [2.75, 3.05) is 4.90 Å². The molecule has 0 N–H and O–H groups in total. The summed E-state index contributed by atoms with van der Waals surface area (Å²) in [6, 6.07) is 17.0. The van der Waals surface area contributed by atoms with E-state index in [1.165, 1.54) is 6.42 Å². The number of allylic oxidation sites excluding steroid dienone is 1. The van der Waals surface area contributed by atoms with E-state index in [0.29, 0.717) is 6.04 Å². The molecular weight excluding hydrogens is 234 g/mol. The van der Waals surface area contributed by atoms with Crippen molar-refractivity contribution < 1.29 is 4.74 Å². The van der Waals surface area contributed by atoms with Gasteiger partial charge in [0.1, 0.15) is 0 Å². The summed E-state index contributed by atoms with van der Waals surface area (Å²) >= 11 is 0. The van der Waals surface area contributed by atoms with Gasteiger partial charge in [0.05, 0.1) is 17.4 Å². The van der Waals surface area contributed by atoms with Gasteiger partial charge < -0.3 is 9.64 Å². The van der Waals surface area contributed by atoms with E-state index in [0.717, 1.165) is 29.3 Å². The predicted molar refractivity (Wildman–Crippen MR) is 77.3 cm³/mol. The summed E-state index contributed by atoms with van der Waals surface area (Å²) in [5.74, 6) is 1.89. The number of nitrogens with zero attached hydrogens (tertiary/aromatic N) is 1. The molecule has 1 aliphatic carbocycles. The molecule has 2 aromatic carbocycles. The van der Waals surface area contributed by atoms with E-state index >= 15 is 0 Å². The largest absolute Gasteiger partial charge is 0.453 e. The second-order valence-electron chi connectivity index (χ2n) is 4.98. The van der Waals surface area contributed by atoms with Gasteiger partial charge in [-0.1, -0.05) is 36.4 Å². The molecule has 94 valence electrons. The van der Waals surface area contributed by atoms with Gasteiger partial charge in [-0.3, -0.25) is 0 Å². The number of rotatable bonds is 1. The minimum Gasteiger partial charge on any atom is -0.453 e. The van der Waals surface area contributed by atoms with Crippen molar-refractivity contribution in [2.45, 2.75) is 18.9 Å². The Labute approximate surface area is 112 Å². The van der Waals surface area contributed by atoms with Crippen LogP contribution in [0.5, 0.6) is 11.5 Å². The highest BCUT2D eigenvalue weighted by Crippen LogP contribution is 2.48. The van der Waals surface area contributed by atoms with Crippen molar-refractivity contribution in [3.63, 3.8) is 0 Å². The maximum Gasteiger partial charge on any atom is 0.151 e. The van der Waals surface area contributed by atoms with E-state index in [1.807, 2.05) is 24.3 Å². The van der Waals surface area contributed by atoms with Crippen LogP contribution >= 0.6 is 0 Å². The molecule has 19 heavy (non-hydrogen) atoms. The van der Waals surface area contributed by atoms with Gasteiger partial charge in [-0.05, 0) is 37.1 Å². The Hall–Kier alpha value is -2.22. The molecule has 1 unspecified atom stereocenters. The van der Waals surface area contributed by atoms with E-state index in [4.69, 9.17) is 4.74 Å². The number of fused-ring (bicyclic) bond motifs is 2. The fourth-order valence-corrected chi connectivity index (χ4v) is 2.92. The molecule has 0 saturated heterocycles. The van der Waals surface area contributed by atoms with E-state index in [9.17, 15) is 0 Å². The van der Waals surface area contributed by atoms with Gasteiger partial charge >= 0.3 is 0 Å². The lowest BCUT2D eigenvalue weighted by molar-refractivity contribution is 0.469. The van der Waals surface area contributed by atoms with Crippen LogP contribution in [0.25, 0.3) is 0 Å². The van der Waals surface area contributed by atoms with E-state index in [-0.39, 0.29) is 0 Å². The number of ether oxygens (including phenoxy) is 1. The molecule has 1 atom stereocenters. The van der Waals surface area contributed by atoms with Crippen LogP contribution in [0.4, 0.5) is 11.4 Å². The lowest BCUT2D eigenvalue weighted by Crippen LogP contribution is -2.30. The molecule has 0 fully saturated rings. The molecule has 2 nitrogen and oxygen atoms in total. The van der Waals surface area contributed by atoms with Crippen LogP contribution in [0.3, 0.4) is 0 Å². The smallest absolute Gasteiger partial charge is 0.151 e. The third-order valence-corrected chi connectivity index (χ3v) is 3.79. The van der Waals surface area contributed by atoms with Crippen molar-refractivity contribution in [2.24, 2.45) is 0 Å². The first-order valence-electron chi connectivity index (χ1n) is 6.75. The third kappa shape index (κ3) is 1.64. The fourth-order valence-electron chi connectivity index (χ4n) is 2.92. The molecule has 0 spiro atoms. The van der Waals surface area contributed by atoms with Gasteiger partial charge in [-0.2, -0.15) is 0 Å². The number of hydrogen-bond acceptors (Lipinski definition) is 2. The van der Waals surface area contributed by atoms with E-state index < -0.39 is 0 Å². The van der Waals surface area contributed by atoms with Gasteiger partial charge in [0.2, 0.25) is 0 Å². The lowest BCUT2D eigenvalue weighted by atomic mass is 10.1. The minimum absolute atomic E-state index is 0.436. The average molecular weight is 249 g/mol. The average Bonchev–Trinajstić information content (AvgIpc) is 2.98. The minimum atomic E-state index is 0.436. The topological polar surface area (TPSA) is 12.5 Å².